The third kappa shape index (κ3) is 2.39. The molecule has 1 unspecified atom stereocenters. The molecule has 2 N–H and O–H groups in total. The van der Waals surface area contributed by atoms with Gasteiger partial charge in [0.15, 0.2) is 0 Å². The fraction of sp³-hybridized carbons (Fsp3) is 0.538. The molecule has 0 saturated carbocycles. The Morgan fingerprint density at radius 2 is 1.60 bits per heavy atom. The normalized spacial score (nSPS) is 16.1. The highest BCUT2D eigenvalue weighted by atomic mass is 16.3. The van der Waals surface area contributed by atoms with Gasteiger partial charge in [0.05, 0.1) is 5.60 Å². The van der Waals surface area contributed by atoms with Crippen LogP contribution in [0.2, 0.25) is 0 Å². The lowest BCUT2D eigenvalue weighted by molar-refractivity contribution is -0.0103. The number of benzene rings is 1. The lowest BCUT2D eigenvalue weighted by atomic mass is 9.68. The van der Waals surface area contributed by atoms with E-state index in [-0.39, 0.29) is 6.61 Å². The maximum absolute atomic E-state index is 10.2. The molecule has 2 heteroatoms. The van der Waals surface area contributed by atoms with Crippen LogP contribution in [0.4, 0.5) is 0 Å². The average Bonchev–Trinajstić information content (AvgIpc) is 2.18. The zero-order chi connectivity index (χ0) is 11.5. The minimum absolute atomic E-state index is 0.0788. The summed E-state index contributed by atoms with van der Waals surface area (Å²) >= 11 is 0. The van der Waals surface area contributed by atoms with Crippen LogP contribution >= 0.6 is 0 Å². The first kappa shape index (κ1) is 12.2. The molecule has 0 bridgehead atoms. The zero-order valence-corrected chi connectivity index (χ0v) is 9.70. The number of aliphatic hydroxyl groups is 2. The summed E-state index contributed by atoms with van der Waals surface area (Å²) in [6, 6.07) is 9.85. The Bertz CT molecular complexity index is 300. The van der Waals surface area contributed by atoms with Crippen LogP contribution in [0.15, 0.2) is 30.3 Å². The predicted octanol–water partition coefficient (Wildman–Crippen LogP) is 2.10. The van der Waals surface area contributed by atoms with Gasteiger partial charge in [0, 0.05) is 12.0 Å². The Morgan fingerprint density at radius 3 is 2.00 bits per heavy atom. The molecule has 0 aromatic heterocycles. The van der Waals surface area contributed by atoms with Gasteiger partial charge in [-0.05, 0) is 25.8 Å². The smallest absolute Gasteiger partial charge is 0.0686 e. The first-order valence-electron chi connectivity index (χ1n) is 5.30. The maximum atomic E-state index is 10.2. The standard InChI is InChI=1S/C13H20O2/c1-12(2,15)13(3,9-10-14)11-7-5-4-6-8-11/h4-8,14-15H,9-10H2,1-3H3. The van der Waals surface area contributed by atoms with Crippen molar-refractivity contribution in [1.29, 1.82) is 0 Å². The highest BCUT2D eigenvalue weighted by Gasteiger charge is 2.40. The molecule has 84 valence electrons. The van der Waals surface area contributed by atoms with E-state index in [2.05, 4.69) is 0 Å². The van der Waals surface area contributed by atoms with Crippen LogP contribution in [-0.4, -0.2) is 22.4 Å². The Labute approximate surface area is 91.6 Å². The summed E-state index contributed by atoms with van der Waals surface area (Å²) in [7, 11) is 0. The highest BCUT2D eigenvalue weighted by molar-refractivity contribution is 5.27. The van der Waals surface area contributed by atoms with E-state index in [0.717, 1.165) is 5.56 Å². The number of aliphatic hydroxyl groups excluding tert-OH is 1. The molecule has 0 spiro atoms. The average molecular weight is 208 g/mol. The second kappa shape index (κ2) is 4.33. The minimum Gasteiger partial charge on any atom is -0.396 e. The van der Waals surface area contributed by atoms with E-state index in [1.165, 1.54) is 0 Å². The van der Waals surface area contributed by atoms with E-state index in [4.69, 9.17) is 5.11 Å². The molecule has 1 aromatic rings. The summed E-state index contributed by atoms with van der Waals surface area (Å²) in [6.45, 7) is 5.64. The topological polar surface area (TPSA) is 40.5 Å². The van der Waals surface area contributed by atoms with E-state index in [0.29, 0.717) is 6.42 Å². The van der Waals surface area contributed by atoms with Gasteiger partial charge in [-0.15, -0.1) is 0 Å². The molecule has 1 rings (SSSR count). The highest BCUT2D eigenvalue weighted by Crippen LogP contribution is 2.37. The first-order valence-corrected chi connectivity index (χ1v) is 5.30. The van der Waals surface area contributed by atoms with Gasteiger partial charge in [0.25, 0.3) is 0 Å². The van der Waals surface area contributed by atoms with Crippen molar-refractivity contribution >= 4 is 0 Å². The van der Waals surface area contributed by atoms with Crippen molar-refractivity contribution in [2.45, 2.75) is 38.2 Å². The molecule has 0 saturated heterocycles. The third-order valence-corrected chi connectivity index (χ3v) is 3.37. The van der Waals surface area contributed by atoms with Gasteiger partial charge in [-0.3, -0.25) is 0 Å². The summed E-state index contributed by atoms with van der Waals surface area (Å²) in [5, 5.41) is 19.3. The summed E-state index contributed by atoms with van der Waals surface area (Å²) in [5.74, 6) is 0. The molecule has 2 nitrogen and oxygen atoms in total. The molecule has 0 radical (unpaired) electrons. The molecule has 1 aromatic carbocycles. The molecule has 0 amide bonds. The van der Waals surface area contributed by atoms with Gasteiger partial charge in [-0.1, -0.05) is 37.3 Å². The van der Waals surface area contributed by atoms with E-state index >= 15 is 0 Å². The lowest BCUT2D eigenvalue weighted by Crippen LogP contribution is -2.45. The summed E-state index contributed by atoms with van der Waals surface area (Å²) in [6.07, 6.45) is 0.556. The molecule has 0 aliphatic heterocycles. The zero-order valence-electron chi connectivity index (χ0n) is 9.70. The second-order valence-electron chi connectivity index (χ2n) is 4.73. The molecular weight excluding hydrogens is 188 g/mol. The molecule has 0 heterocycles. The Balaban J connectivity index is 3.13. The monoisotopic (exact) mass is 208 g/mol. The fourth-order valence-corrected chi connectivity index (χ4v) is 1.83. The largest absolute Gasteiger partial charge is 0.396 e. The van der Waals surface area contributed by atoms with Crippen molar-refractivity contribution in [2.24, 2.45) is 0 Å². The number of hydrogen-bond donors (Lipinski definition) is 2. The van der Waals surface area contributed by atoms with Crippen LogP contribution in [-0.2, 0) is 5.41 Å². The van der Waals surface area contributed by atoms with E-state index in [1.54, 1.807) is 13.8 Å². The van der Waals surface area contributed by atoms with Crippen molar-refractivity contribution in [3.05, 3.63) is 35.9 Å². The Hall–Kier alpha value is -0.860. The molecule has 15 heavy (non-hydrogen) atoms. The summed E-state index contributed by atoms with van der Waals surface area (Å²) in [5.41, 5.74) is -0.202. The fourth-order valence-electron chi connectivity index (χ4n) is 1.83. The van der Waals surface area contributed by atoms with Crippen molar-refractivity contribution in [3.8, 4) is 0 Å². The SMILES string of the molecule is CC(C)(O)C(C)(CCO)c1ccccc1. The van der Waals surface area contributed by atoms with E-state index in [1.807, 2.05) is 37.3 Å². The van der Waals surface area contributed by atoms with Gasteiger partial charge in [-0.25, -0.2) is 0 Å². The third-order valence-electron chi connectivity index (χ3n) is 3.37. The van der Waals surface area contributed by atoms with Gasteiger partial charge in [0.1, 0.15) is 0 Å². The number of rotatable bonds is 4. The Morgan fingerprint density at radius 1 is 1.07 bits per heavy atom. The van der Waals surface area contributed by atoms with Crippen molar-refractivity contribution in [2.75, 3.05) is 6.61 Å². The van der Waals surface area contributed by atoms with Gasteiger partial charge >= 0.3 is 0 Å². The van der Waals surface area contributed by atoms with E-state index in [9.17, 15) is 5.11 Å². The van der Waals surface area contributed by atoms with Crippen LogP contribution in [0.5, 0.6) is 0 Å². The molecule has 0 fully saturated rings. The van der Waals surface area contributed by atoms with Crippen LogP contribution in [0, 0.1) is 0 Å². The van der Waals surface area contributed by atoms with Crippen molar-refractivity contribution < 1.29 is 10.2 Å². The first-order chi connectivity index (χ1) is 6.92. The van der Waals surface area contributed by atoms with Gasteiger partial charge in [0.2, 0.25) is 0 Å². The molecule has 1 atom stereocenters. The van der Waals surface area contributed by atoms with Crippen molar-refractivity contribution in [1.82, 2.24) is 0 Å². The van der Waals surface area contributed by atoms with Gasteiger partial charge < -0.3 is 10.2 Å². The lowest BCUT2D eigenvalue weighted by Gasteiger charge is -2.41. The van der Waals surface area contributed by atoms with E-state index < -0.39 is 11.0 Å². The van der Waals surface area contributed by atoms with Gasteiger partial charge in [-0.2, -0.15) is 0 Å². The van der Waals surface area contributed by atoms with Crippen LogP contribution < -0.4 is 0 Å². The maximum Gasteiger partial charge on any atom is 0.0686 e. The van der Waals surface area contributed by atoms with Crippen molar-refractivity contribution in [3.63, 3.8) is 0 Å². The molecule has 0 aliphatic rings. The van der Waals surface area contributed by atoms with Crippen LogP contribution in [0.25, 0.3) is 0 Å². The number of hydrogen-bond acceptors (Lipinski definition) is 2. The summed E-state index contributed by atoms with van der Waals surface area (Å²) in [4.78, 5) is 0. The molecular formula is C13H20O2. The van der Waals surface area contributed by atoms with Crippen LogP contribution in [0.1, 0.15) is 32.8 Å². The van der Waals surface area contributed by atoms with Crippen LogP contribution in [0.3, 0.4) is 0 Å². The minimum atomic E-state index is -0.850. The quantitative estimate of drug-likeness (QED) is 0.795. The summed E-state index contributed by atoms with van der Waals surface area (Å²) < 4.78 is 0. The molecule has 0 aliphatic carbocycles. The second-order valence-corrected chi connectivity index (χ2v) is 4.73. The Kier molecular flexibility index (Phi) is 3.53. The predicted molar refractivity (Wildman–Crippen MR) is 61.8 cm³/mol.